The zero-order valence-corrected chi connectivity index (χ0v) is 11.5. The second-order valence-electron chi connectivity index (χ2n) is 4.18. The minimum absolute atomic E-state index is 0.0413. The largest absolute Gasteiger partial charge is 0.468 e. The Kier molecular flexibility index (Phi) is 8.46. The van der Waals surface area contributed by atoms with Gasteiger partial charge in [0.15, 0.2) is 0 Å². The first-order valence-corrected chi connectivity index (χ1v) is 6.46. The van der Waals surface area contributed by atoms with Gasteiger partial charge in [-0.05, 0) is 19.8 Å². The van der Waals surface area contributed by atoms with Crippen LogP contribution in [-0.2, 0) is 14.3 Å². The molecule has 0 heterocycles. The van der Waals surface area contributed by atoms with Gasteiger partial charge in [-0.15, -0.1) is 0 Å². The average Bonchev–Trinajstić information content (AvgIpc) is 2.36. The Labute approximate surface area is 104 Å². The van der Waals surface area contributed by atoms with Gasteiger partial charge in [-0.2, -0.15) is 0 Å². The van der Waals surface area contributed by atoms with Crippen molar-refractivity contribution < 1.29 is 14.3 Å². The summed E-state index contributed by atoms with van der Waals surface area (Å²) in [6, 6.07) is 0. The molecule has 0 saturated carbocycles. The van der Waals surface area contributed by atoms with Crippen LogP contribution in [0.15, 0.2) is 0 Å². The number of nitrogens with zero attached hydrogens (tertiary/aromatic N) is 1. The number of esters is 1. The van der Waals surface area contributed by atoms with Crippen LogP contribution in [0.1, 0.15) is 46.5 Å². The number of methoxy groups -OCH3 is 1. The van der Waals surface area contributed by atoms with Crippen molar-refractivity contribution in [3.8, 4) is 0 Å². The molecule has 4 nitrogen and oxygen atoms in total. The topological polar surface area (TPSA) is 46.6 Å². The lowest BCUT2D eigenvalue weighted by atomic mass is 9.98. The number of ether oxygens (including phenoxy) is 1. The van der Waals surface area contributed by atoms with E-state index in [1.54, 1.807) is 4.90 Å². The monoisotopic (exact) mass is 243 g/mol. The highest BCUT2D eigenvalue weighted by Crippen LogP contribution is 2.15. The van der Waals surface area contributed by atoms with Gasteiger partial charge in [-0.3, -0.25) is 9.59 Å². The summed E-state index contributed by atoms with van der Waals surface area (Å²) in [5, 5.41) is 0. The fraction of sp³-hybridized carbons (Fsp3) is 0.846. The van der Waals surface area contributed by atoms with Crippen LogP contribution in [0.5, 0.6) is 0 Å². The molecule has 0 aromatic carbocycles. The standard InChI is InChI=1S/C13H25NO3/c1-5-8-9-11(6-2)13(16)14(7-3)10-12(15)17-4/h11H,5-10H2,1-4H3. The minimum atomic E-state index is -0.356. The van der Waals surface area contributed by atoms with Crippen molar-refractivity contribution in [3.05, 3.63) is 0 Å². The highest BCUT2D eigenvalue weighted by molar-refractivity contribution is 5.83. The number of unbranched alkanes of at least 4 members (excludes halogenated alkanes) is 1. The molecule has 0 rings (SSSR count). The Morgan fingerprint density at radius 3 is 2.29 bits per heavy atom. The van der Waals surface area contributed by atoms with Crippen molar-refractivity contribution in [1.82, 2.24) is 4.90 Å². The summed E-state index contributed by atoms with van der Waals surface area (Å²) < 4.78 is 4.59. The van der Waals surface area contributed by atoms with E-state index in [1.165, 1.54) is 7.11 Å². The average molecular weight is 243 g/mol. The molecule has 4 heteroatoms. The summed E-state index contributed by atoms with van der Waals surface area (Å²) in [5.41, 5.74) is 0. The predicted octanol–water partition coefficient (Wildman–Crippen LogP) is 2.22. The molecule has 100 valence electrons. The number of hydrogen-bond acceptors (Lipinski definition) is 3. The fourth-order valence-electron chi connectivity index (χ4n) is 1.78. The lowest BCUT2D eigenvalue weighted by Gasteiger charge is -2.24. The molecular weight excluding hydrogens is 218 g/mol. The SMILES string of the molecule is CCCCC(CC)C(=O)N(CC)CC(=O)OC. The van der Waals surface area contributed by atoms with E-state index in [0.29, 0.717) is 6.54 Å². The van der Waals surface area contributed by atoms with E-state index in [4.69, 9.17) is 0 Å². The van der Waals surface area contributed by atoms with Crippen molar-refractivity contribution in [2.45, 2.75) is 46.5 Å². The first kappa shape index (κ1) is 15.9. The molecular formula is C13H25NO3. The van der Waals surface area contributed by atoms with Gasteiger partial charge in [0, 0.05) is 12.5 Å². The summed E-state index contributed by atoms with van der Waals surface area (Å²) in [6.07, 6.45) is 3.88. The maximum absolute atomic E-state index is 12.2. The first-order valence-electron chi connectivity index (χ1n) is 6.46. The molecule has 0 aromatic rings. The smallest absolute Gasteiger partial charge is 0.325 e. The summed E-state index contributed by atoms with van der Waals surface area (Å²) in [5.74, 6) is -0.237. The molecule has 1 unspecified atom stereocenters. The van der Waals surface area contributed by atoms with Gasteiger partial charge in [-0.25, -0.2) is 0 Å². The lowest BCUT2D eigenvalue weighted by Crippen LogP contribution is -2.39. The third kappa shape index (κ3) is 5.71. The Balaban J connectivity index is 4.42. The summed E-state index contributed by atoms with van der Waals surface area (Å²) in [7, 11) is 1.34. The molecule has 0 spiro atoms. The van der Waals surface area contributed by atoms with Gasteiger partial charge in [0.2, 0.25) is 5.91 Å². The molecule has 1 amide bonds. The number of likely N-dealkylation sites (N-methyl/N-ethyl adjacent to an activating group) is 1. The Hall–Kier alpha value is -1.06. The van der Waals surface area contributed by atoms with E-state index < -0.39 is 0 Å². The van der Waals surface area contributed by atoms with Crippen LogP contribution in [0.2, 0.25) is 0 Å². The third-order valence-electron chi connectivity index (χ3n) is 2.99. The van der Waals surface area contributed by atoms with Crippen molar-refractivity contribution in [2.75, 3.05) is 20.2 Å². The van der Waals surface area contributed by atoms with Crippen LogP contribution in [-0.4, -0.2) is 37.0 Å². The van der Waals surface area contributed by atoms with E-state index in [0.717, 1.165) is 25.7 Å². The van der Waals surface area contributed by atoms with Crippen LogP contribution in [0.4, 0.5) is 0 Å². The van der Waals surface area contributed by atoms with Gasteiger partial charge >= 0.3 is 5.97 Å². The molecule has 17 heavy (non-hydrogen) atoms. The van der Waals surface area contributed by atoms with E-state index >= 15 is 0 Å². The van der Waals surface area contributed by atoms with Gasteiger partial charge in [0.05, 0.1) is 7.11 Å². The molecule has 1 atom stereocenters. The first-order chi connectivity index (χ1) is 8.10. The van der Waals surface area contributed by atoms with Crippen LogP contribution in [0.25, 0.3) is 0 Å². The molecule has 0 aliphatic rings. The Morgan fingerprint density at radius 1 is 1.24 bits per heavy atom. The van der Waals surface area contributed by atoms with Gasteiger partial charge < -0.3 is 9.64 Å². The molecule has 0 N–H and O–H groups in total. The highest BCUT2D eigenvalue weighted by atomic mass is 16.5. The second-order valence-corrected chi connectivity index (χ2v) is 4.18. The molecule has 0 saturated heterocycles. The third-order valence-corrected chi connectivity index (χ3v) is 2.99. The minimum Gasteiger partial charge on any atom is -0.468 e. The second kappa shape index (κ2) is 9.02. The lowest BCUT2D eigenvalue weighted by molar-refractivity contribution is -0.148. The highest BCUT2D eigenvalue weighted by Gasteiger charge is 2.23. The van der Waals surface area contributed by atoms with Gasteiger partial charge in [-0.1, -0.05) is 26.7 Å². The quantitative estimate of drug-likeness (QED) is 0.614. The van der Waals surface area contributed by atoms with E-state index in [9.17, 15) is 9.59 Å². The van der Waals surface area contributed by atoms with Crippen LogP contribution >= 0.6 is 0 Å². The number of carbonyl (C=O) groups is 2. The molecule has 0 aromatic heterocycles. The normalized spacial score (nSPS) is 12.0. The van der Waals surface area contributed by atoms with E-state index in [1.807, 2.05) is 13.8 Å². The maximum atomic E-state index is 12.2. The van der Waals surface area contributed by atoms with Crippen molar-refractivity contribution in [3.63, 3.8) is 0 Å². The zero-order chi connectivity index (χ0) is 13.3. The molecule has 0 fully saturated rings. The molecule has 0 radical (unpaired) electrons. The molecule has 0 bridgehead atoms. The van der Waals surface area contributed by atoms with Crippen molar-refractivity contribution in [2.24, 2.45) is 5.92 Å². The predicted molar refractivity (Wildman–Crippen MR) is 67.6 cm³/mol. The number of amides is 1. The van der Waals surface area contributed by atoms with Crippen molar-refractivity contribution >= 4 is 11.9 Å². The molecule has 0 aliphatic carbocycles. The summed E-state index contributed by atoms with van der Waals surface area (Å²) in [6.45, 7) is 6.63. The fourth-order valence-corrected chi connectivity index (χ4v) is 1.78. The van der Waals surface area contributed by atoms with Crippen LogP contribution < -0.4 is 0 Å². The summed E-state index contributed by atoms with van der Waals surface area (Å²) in [4.78, 5) is 25.0. The number of carbonyl (C=O) groups excluding carboxylic acids is 2. The maximum Gasteiger partial charge on any atom is 0.325 e. The Bertz CT molecular complexity index is 241. The Morgan fingerprint density at radius 2 is 1.88 bits per heavy atom. The summed E-state index contributed by atoms with van der Waals surface area (Å²) >= 11 is 0. The van der Waals surface area contributed by atoms with E-state index in [-0.39, 0.29) is 24.3 Å². The van der Waals surface area contributed by atoms with Gasteiger partial charge in [0.1, 0.15) is 6.54 Å². The van der Waals surface area contributed by atoms with Crippen LogP contribution in [0.3, 0.4) is 0 Å². The van der Waals surface area contributed by atoms with Crippen LogP contribution in [0, 0.1) is 5.92 Å². The van der Waals surface area contributed by atoms with Gasteiger partial charge in [0.25, 0.3) is 0 Å². The zero-order valence-electron chi connectivity index (χ0n) is 11.5. The number of hydrogen-bond donors (Lipinski definition) is 0. The van der Waals surface area contributed by atoms with E-state index in [2.05, 4.69) is 11.7 Å². The van der Waals surface area contributed by atoms with Crippen molar-refractivity contribution in [1.29, 1.82) is 0 Å². The molecule has 0 aliphatic heterocycles. The number of rotatable bonds is 8.